The van der Waals surface area contributed by atoms with Gasteiger partial charge in [-0.05, 0) is 52.8 Å². The molecule has 7 heteroatoms. The number of carboxylic acids is 1. The molecule has 35 heavy (non-hydrogen) atoms. The van der Waals surface area contributed by atoms with Gasteiger partial charge in [0.15, 0.2) is 0 Å². The summed E-state index contributed by atoms with van der Waals surface area (Å²) < 4.78 is 5.71. The van der Waals surface area contributed by atoms with Gasteiger partial charge in [0.25, 0.3) is 0 Å². The average Bonchev–Trinajstić information content (AvgIpc) is 3.17. The highest BCUT2D eigenvalue weighted by molar-refractivity contribution is 5.80. The maximum atomic E-state index is 12.8. The number of benzene rings is 2. The summed E-state index contributed by atoms with van der Waals surface area (Å²) in [6.07, 6.45) is 2.68. The minimum Gasteiger partial charge on any atom is -0.481 e. The van der Waals surface area contributed by atoms with Crippen LogP contribution in [0.25, 0.3) is 11.1 Å². The fraction of sp³-hybridized carbons (Fsp3) is 0.464. The highest BCUT2D eigenvalue weighted by Gasteiger charge is 2.60. The first-order valence-corrected chi connectivity index (χ1v) is 12.6. The van der Waals surface area contributed by atoms with Crippen molar-refractivity contribution in [3.8, 4) is 11.1 Å². The molecule has 0 bridgehead atoms. The van der Waals surface area contributed by atoms with Crippen LogP contribution < -0.4 is 5.32 Å². The minimum atomic E-state index is -0.741. The lowest BCUT2D eigenvalue weighted by Crippen LogP contribution is -2.41. The van der Waals surface area contributed by atoms with Crippen LogP contribution in [0.2, 0.25) is 0 Å². The van der Waals surface area contributed by atoms with Gasteiger partial charge in [-0.2, -0.15) is 0 Å². The van der Waals surface area contributed by atoms with Gasteiger partial charge in [0.05, 0.1) is 5.92 Å². The molecular formula is C28H30N2O5. The van der Waals surface area contributed by atoms with Crippen molar-refractivity contribution in [1.29, 1.82) is 0 Å². The van der Waals surface area contributed by atoms with E-state index in [2.05, 4.69) is 29.6 Å². The van der Waals surface area contributed by atoms with Crippen molar-refractivity contribution >= 4 is 18.0 Å². The van der Waals surface area contributed by atoms with Crippen molar-refractivity contribution in [3.05, 3.63) is 59.7 Å². The van der Waals surface area contributed by atoms with E-state index >= 15 is 0 Å². The van der Waals surface area contributed by atoms with Crippen LogP contribution in [0.1, 0.15) is 42.7 Å². The lowest BCUT2D eigenvalue weighted by atomic mass is 9.98. The van der Waals surface area contributed by atoms with Gasteiger partial charge in [0, 0.05) is 31.5 Å². The molecule has 4 aliphatic rings. The second kappa shape index (κ2) is 8.70. The molecule has 1 heterocycles. The zero-order chi connectivity index (χ0) is 24.1. The number of fused-ring (bicyclic) bond motifs is 4. The number of hydrogen-bond acceptors (Lipinski definition) is 4. The first kappa shape index (κ1) is 22.1. The first-order chi connectivity index (χ1) is 17.0. The molecule has 3 fully saturated rings. The number of likely N-dealkylation sites (tertiary alicyclic amines) is 1. The number of carbonyl (C=O) groups is 3. The van der Waals surface area contributed by atoms with Crippen LogP contribution >= 0.6 is 0 Å². The Hall–Kier alpha value is -3.35. The number of nitrogens with one attached hydrogen (secondary N) is 1. The van der Waals surface area contributed by atoms with Gasteiger partial charge in [-0.15, -0.1) is 0 Å². The van der Waals surface area contributed by atoms with E-state index < -0.39 is 12.1 Å². The van der Waals surface area contributed by atoms with Crippen LogP contribution in [0.15, 0.2) is 48.5 Å². The fourth-order valence-electron chi connectivity index (χ4n) is 6.71. The Morgan fingerprint density at radius 3 is 2.20 bits per heavy atom. The standard InChI is InChI=1S/C28H30N2O5/c31-25(30-13-21-22(14-30)26(21)27(32)33)12-16-6-5-11-24(16)29-28(34)35-15-23-19-9-3-1-7-17(19)18-8-2-4-10-20(18)23/h1-4,7-10,16,21-24,26H,5-6,11-15H2,(H,29,34)(H,32,33)/t16?,21-,22+,24?,26?. The number of amides is 2. The molecule has 2 N–H and O–H groups in total. The third-order valence-electron chi connectivity index (χ3n) is 8.57. The first-order valence-electron chi connectivity index (χ1n) is 12.6. The van der Waals surface area contributed by atoms with Crippen LogP contribution in [0, 0.1) is 23.7 Å². The quantitative estimate of drug-likeness (QED) is 0.663. The van der Waals surface area contributed by atoms with Gasteiger partial charge >= 0.3 is 12.1 Å². The molecule has 7 nitrogen and oxygen atoms in total. The van der Waals surface area contributed by atoms with Gasteiger partial charge in [-0.3, -0.25) is 9.59 Å². The van der Waals surface area contributed by atoms with E-state index in [0.717, 1.165) is 19.3 Å². The Labute approximate surface area is 204 Å². The second-order valence-corrected chi connectivity index (χ2v) is 10.5. The van der Waals surface area contributed by atoms with Gasteiger partial charge in [0.1, 0.15) is 6.61 Å². The third-order valence-corrected chi connectivity index (χ3v) is 8.57. The smallest absolute Gasteiger partial charge is 0.407 e. The SMILES string of the molecule is O=C(NC1CCCC1CC(=O)N1C[C@@H]2C(C(=O)O)[C@@H]2C1)OCC1c2ccccc2-c2ccccc21. The molecule has 0 radical (unpaired) electrons. The summed E-state index contributed by atoms with van der Waals surface area (Å²) in [6, 6.07) is 16.4. The van der Waals surface area contributed by atoms with Gasteiger partial charge in [-0.25, -0.2) is 4.79 Å². The zero-order valence-corrected chi connectivity index (χ0v) is 19.6. The number of hydrogen-bond donors (Lipinski definition) is 2. The molecule has 5 atom stereocenters. The van der Waals surface area contributed by atoms with Gasteiger partial charge < -0.3 is 20.1 Å². The molecule has 1 aliphatic heterocycles. The number of carboxylic acid groups (broad SMARTS) is 1. The summed E-state index contributed by atoms with van der Waals surface area (Å²) in [4.78, 5) is 38.6. The maximum absolute atomic E-state index is 12.8. The number of rotatable bonds is 6. The van der Waals surface area contributed by atoms with Crippen molar-refractivity contribution in [1.82, 2.24) is 10.2 Å². The van der Waals surface area contributed by atoms with Crippen LogP contribution in [-0.4, -0.2) is 53.7 Å². The molecule has 0 aromatic heterocycles. The summed E-state index contributed by atoms with van der Waals surface area (Å²) in [5.41, 5.74) is 4.75. The van der Waals surface area contributed by atoms with Crippen molar-refractivity contribution < 1.29 is 24.2 Å². The third kappa shape index (κ3) is 3.97. The number of ether oxygens (including phenoxy) is 1. The van der Waals surface area contributed by atoms with E-state index in [4.69, 9.17) is 4.74 Å². The Kier molecular flexibility index (Phi) is 5.50. The molecule has 182 valence electrons. The average molecular weight is 475 g/mol. The molecule has 2 aromatic carbocycles. The molecule has 3 unspecified atom stereocenters. The number of piperidine rings is 1. The van der Waals surface area contributed by atoms with Crippen LogP contribution in [0.5, 0.6) is 0 Å². The van der Waals surface area contributed by atoms with E-state index in [1.54, 1.807) is 0 Å². The molecule has 6 rings (SSSR count). The van der Waals surface area contributed by atoms with Crippen molar-refractivity contribution in [3.63, 3.8) is 0 Å². The van der Waals surface area contributed by atoms with Crippen molar-refractivity contribution in [2.75, 3.05) is 19.7 Å². The number of nitrogens with zero attached hydrogens (tertiary/aromatic N) is 1. The number of carbonyl (C=O) groups excluding carboxylic acids is 2. The van der Waals surface area contributed by atoms with Crippen LogP contribution in [0.3, 0.4) is 0 Å². The maximum Gasteiger partial charge on any atom is 0.407 e. The molecule has 2 saturated carbocycles. The Morgan fingerprint density at radius 1 is 0.943 bits per heavy atom. The lowest BCUT2D eigenvalue weighted by Gasteiger charge is -2.25. The van der Waals surface area contributed by atoms with Gasteiger partial charge in [0.2, 0.25) is 5.91 Å². The van der Waals surface area contributed by atoms with Crippen molar-refractivity contribution in [2.45, 2.75) is 37.6 Å². The largest absolute Gasteiger partial charge is 0.481 e. The van der Waals surface area contributed by atoms with E-state index in [9.17, 15) is 19.5 Å². The number of aliphatic carboxylic acids is 1. The van der Waals surface area contributed by atoms with Crippen LogP contribution in [0.4, 0.5) is 4.79 Å². The van der Waals surface area contributed by atoms with Crippen molar-refractivity contribution in [2.24, 2.45) is 23.7 Å². The molecule has 1 saturated heterocycles. The summed E-state index contributed by atoms with van der Waals surface area (Å²) >= 11 is 0. The Morgan fingerprint density at radius 2 is 1.57 bits per heavy atom. The predicted octanol–water partition coefficient (Wildman–Crippen LogP) is 3.87. The minimum absolute atomic E-state index is 0.0188. The topological polar surface area (TPSA) is 95.9 Å². The fourth-order valence-corrected chi connectivity index (χ4v) is 6.71. The molecule has 3 aliphatic carbocycles. The zero-order valence-electron chi connectivity index (χ0n) is 19.6. The Balaban J connectivity index is 1.03. The highest BCUT2D eigenvalue weighted by atomic mass is 16.5. The molecule has 2 aromatic rings. The highest BCUT2D eigenvalue weighted by Crippen LogP contribution is 2.52. The summed E-state index contributed by atoms with van der Waals surface area (Å²) in [5, 5.41) is 12.2. The molecule has 0 spiro atoms. The number of alkyl carbamates (subject to hydrolysis) is 1. The summed E-state index contributed by atoms with van der Waals surface area (Å²) in [5.74, 6) is -0.582. The molecule has 2 amide bonds. The normalized spacial score (nSPS) is 28.2. The van der Waals surface area contributed by atoms with E-state index in [1.165, 1.54) is 22.3 Å². The summed E-state index contributed by atoms with van der Waals surface area (Å²) in [6.45, 7) is 1.38. The molecular weight excluding hydrogens is 444 g/mol. The van der Waals surface area contributed by atoms with E-state index in [0.29, 0.717) is 19.5 Å². The monoisotopic (exact) mass is 474 g/mol. The lowest BCUT2D eigenvalue weighted by molar-refractivity contribution is -0.141. The second-order valence-electron chi connectivity index (χ2n) is 10.5. The van der Waals surface area contributed by atoms with Gasteiger partial charge in [-0.1, -0.05) is 55.0 Å². The van der Waals surface area contributed by atoms with E-state index in [-0.39, 0.29) is 48.1 Å². The summed E-state index contributed by atoms with van der Waals surface area (Å²) in [7, 11) is 0. The van der Waals surface area contributed by atoms with E-state index in [1.807, 2.05) is 29.2 Å². The Bertz CT molecular complexity index is 1120. The predicted molar refractivity (Wildman–Crippen MR) is 129 cm³/mol. The van der Waals surface area contributed by atoms with Crippen LogP contribution in [-0.2, 0) is 14.3 Å².